The van der Waals surface area contributed by atoms with Crippen LogP contribution >= 0.6 is 0 Å². The summed E-state index contributed by atoms with van der Waals surface area (Å²) >= 11 is 0. The molecule has 1 aromatic rings. The van der Waals surface area contributed by atoms with Crippen LogP contribution in [0.2, 0.25) is 0 Å². The average Bonchev–Trinajstić information content (AvgIpc) is 2.59. The first-order valence-electron chi connectivity index (χ1n) is 4.85. The first-order chi connectivity index (χ1) is 5.95. The van der Waals surface area contributed by atoms with Crippen molar-refractivity contribution in [3.8, 4) is 0 Å². The first-order valence-corrected chi connectivity index (χ1v) is 4.85. The van der Waals surface area contributed by atoms with E-state index >= 15 is 0 Å². The molecule has 0 saturated heterocycles. The lowest BCUT2D eigenvalue weighted by Crippen LogP contribution is -1.94. The van der Waals surface area contributed by atoms with E-state index in [1.54, 1.807) is 0 Å². The minimum atomic E-state index is 0.854. The predicted octanol–water partition coefficient (Wildman–Crippen LogP) is 3.43. The van der Waals surface area contributed by atoms with Gasteiger partial charge in [-0.15, -0.1) is 0 Å². The zero-order valence-electron chi connectivity index (χ0n) is 7.37. The molecule has 0 N–H and O–H groups in total. The number of rotatable bonds is 2. The minimum Gasteiger partial charge on any atom is -0.0622 e. The number of hydrogen-bond donors (Lipinski definition) is 0. The molecular formula is C12H15. The Kier molecular flexibility index (Phi) is 2.45. The predicted molar refractivity (Wildman–Crippen MR) is 51.8 cm³/mol. The number of hydrogen-bond acceptors (Lipinski definition) is 0. The summed E-state index contributed by atoms with van der Waals surface area (Å²) in [5.74, 6) is 0.854. The van der Waals surface area contributed by atoms with Crippen LogP contribution in [-0.2, 0) is 0 Å². The molecule has 1 aliphatic rings. The Hall–Kier alpha value is -0.780. The maximum Gasteiger partial charge on any atom is -0.00621 e. The monoisotopic (exact) mass is 159 g/mol. The Labute approximate surface area is 74.6 Å². The van der Waals surface area contributed by atoms with Crippen LogP contribution in [0.15, 0.2) is 30.3 Å². The second-order valence-electron chi connectivity index (χ2n) is 3.62. The van der Waals surface area contributed by atoms with Gasteiger partial charge in [0.15, 0.2) is 0 Å². The molecule has 0 nitrogen and oxygen atoms in total. The fourth-order valence-electron chi connectivity index (χ4n) is 1.96. The van der Waals surface area contributed by atoms with E-state index in [-0.39, 0.29) is 0 Å². The lowest BCUT2D eigenvalue weighted by molar-refractivity contribution is 0.646. The van der Waals surface area contributed by atoms with E-state index in [0.29, 0.717) is 0 Å². The highest BCUT2D eigenvalue weighted by molar-refractivity contribution is 5.23. The molecule has 0 unspecified atom stereocenters. The van der Waals surface area contributed by atoms with Gasteiger partial charge in [0.2, 0.25) is 0 Å². The fraction of sp³-hybridized carbons (Fsp3) is 0.417. The summed E-state index contributed by atoms with van der Waals surface area (Å²) < 4.78 is 0. The van der Waals surface area contributed by atoms with Gasteiger partial charge in [0.25, 0.3) is 0 Å². The third-order valence-electron chi connectivity index (χ3n) is 2.63. The zero-order chi connectivity index (χ0) is 8.23. The van der Waals surface area contributed by atoms with Crippen molar-refractivity contribution in [2.75, 3.05) is 0 Å². The van der Waals surface area contributed by atoms with Gasteiger partial charge in [-0.1, -0.05) is 43.2 Å². The van der Waals surface area contributed by atoms with Crippen molar-refractivity contribution >= 4 is 0 Å². The van der Waals surface area contributed by atoms with Gasteiger partial charge in [-0.25, -0.2) is 0 Å². The van der Waals surface area contributed by atoms with Crippen molar-refractivity contribution in [3.63, 3.8) is 0 Å². The van der Waals surface area contributed by atoms with E-state index in [2.05, 4.69) is 36.8 Å². The van der Waals surface area contributed by atoms with Gasteiger partial charge < -0.3 is 0 Å². The molecule has 1 fully saturated rings. The molecule has 12 heavy (non-hydrogen) atoms. The normalized spacial score (nSPS) is 18.3. The molecule has 63 valence electrons. The van der Waals surface area contributed by atoms with Gasteiger partial charge in [0, 0.05) is 0 Å². The highest BCUT2D eigenvalue weighted by Gasteiger charge is 2.14. The molecule has 0 heterocycles. The Morgan fingerprint density at radius 2 is 1.67 bits per heavy atom. The van der Waals surface area contributed by atoms with Crippen molar-refractivity contribution in [3.05, 3.63) is 42.3 Å². The van der Waals surface area contributed by atoms with E-state index in [1.807, 2.05) is 0 Å². The molecule has 0 aliphatic heterocycles. The van der Waals surface area contributed by atoms with Crippen LogP contribution in [0.5, 0.6) is 0 Å². The molecule has 1 aromatic carbocycles. The Morgan fingerprint density at radius 1 is 1.00 bits per heavy atom. The molecule has 0 amide bonds. The van der Waals surface area contributed by atoms with Crippen LogP contribution in [0.4, 0.5) is 0 Å². The third-order valence-corrected chi connectivity index (χ3v) is 2.63. The molecule has 1 saturated carbocycles. The maximum absolute atomic E-state index is 2.42. The largest absolute Gasteiger partial charge is 0.0622 e. The highest BCUT2D eigenvalue weighted by Crippen LogP contribution is 2.29. The van der Waals surface area contributed by atoms with Gasteiger partial charge in [-0.05, 0) is 30.7 Å². The fourth-order valence-corrected chi connectivity index (χ4v) is 1.96. The molecule has 2 rings (SSSR count). The quantitative estimate of drug-likeness (QED) is 0.620. The standard InChI is InChI=1S/C12H15/c1-2-6-11(7-3-1)10-12-8-4-5-9-12/h1-3,6-7,10,12H,4-5,8-9H2. The van der Waals surface area contributed by atoms with E-state index in [0.717, 1.165) is 5.92 Å². The molecule has 1 aliphatic carbocycles. The van der Waals surface area contributed by atoms with Gasteiger partial charge in [-0.2, -0.15) is 0 Å². The van der Waals surface area contributed by atoms with Crippen molar-refractivity contribution in [1.29, 1.82) is 0 Å². The summed E-state index contributed by atoms with van der Waals surface area (Å²) in [7, 11) is 0. The van der Waals surface area contributed by atoms with Crippen LogP contribution in [-0.4, -0.2) is 0 Å². The van der Waals surface area contributed by atoms with Crippen molar-refractivity contribution < 1.29 is 0 Å². The summed E-state index contributed by atoms with van der Waals surface area (Å²) in [5.41, 5.74) is 1.39. The molecule has 0 bridgehead atoms. The summed E-state index contributed by atoms with van der Waals surface area (Å²) in [6.07, 6.45) is 8.07. The molecule has 0 heteroatoms. The lowest BCUT2D eigenvalue weighted by atomic mass is 9.98. The van der Waals surface area contributed by atoms with Crippen LogP contribution < -0.4 is 0 Å². The molecule has 1 radical (unpaired) electrons. The second kappa shape index (κ2) is 3.75. The Bertz CT molecular complexity index is 219. The van der Waals surface area contributed by atoms with Crippen LogP contribution in [0.3, 0.4) is 0 Å². The van der Waals surface area contributed by atoms with Crippen LogP contribution in [0, 0.1) is 12.3 Å². The first kappa shape index (κ1) is 7.85. The SMILES string of the molecule is [CH](c1ccccc1)C1CCCC1. The zero-order valence-corrected chi connectivity index (χ0v) is 7.37. The van der Waals surface area contributed by atoms with E-state index < -0.39 is 0 Å². The summed E-state index contributed by atoms with van der Waals surface area (Å²) in [6, 6.07) is 10.7. The van der Waals surface area contributed by atoms with Gasteiger partial charge in [0.1, 0.15) is 0 Å². The van der Waals surface area contributed by atoms with Crippen LogP contribution in [0.1, 0.15) is 31.2 Å². The third kappa shape index (κ3) is 1.88. The average molecular weight is 159 g/mol. The lowest BCUT2D eigenvalue weighted by Gasteiger charge is -2.07. The molecule has 0 aromatic heterocycles. The van der Waals surface area contributed by atoms with Gasteiger partial charge in [0.05, 0.1) is 0 Å². The minimum absolute atomic E-state index is 0.854. The van der Waals surface area contributed by atoms with Gasteiger partial charge in [-0.3, -0.25) is 0 Å². The van der Waals surface area contributed by atoms with E-state index in [9.17, 15) is 0 Å². The Morgan fingerprint density at radius 3 is 2.33 bits per heavy atom. The highest BCUT2D eigenvalue weighted by atomic mass is 14.2. The van der Waals surface area contributed by atoms with E-state index in [4.69, 9.17) is 0 Å². The van der Waals surface area contributed by atoms with Crippen molar-refractivity contribution in [1.82, 2.24) is 0 Å². The van der Waals surface area contributed by atoms with Crippen molar-refractivity contribution in [2.45, 2.75) is 25.7 Å². The summed E-state index contributed by atoms with van der Waals surface area (Å²) in [6.45, 7) is 0. The van der Waals surface area contributed by atoms with Gasteiger partial charge >= 0.3 is 0 Å². The maximum atomic E-state index is 2.42. The number of benzene rings is 1. The molecule has 0 spiro atoms. The molecular weight excluding hydrogens is 144 g/mol. The Balaban J connectivity index is 1.94. The summed E-state index contributed by atoms with van der Waals surface area (Å²) in [5, 5.41) is 0. The smallest absolute Gasteiger partial charge is 0.00621 e. The summed E-state index contributed by atoms with van der Waals surface area (Å²) in [4.78, 5) is 0. The topological polar surface area (TPSA) is 0 Å². The van der Waals surface area contributed by atoms with Crippen molar-refractivity contribution in [2.24, 2.45) is 5.92 Å². The van der Waals surface area contributed by atoms with Crippen LogP contribution in [0.25, 0.3) is 0 Å². The second-order valence-corrected chi connectivity index (χ2v) is 3.62. The molecule has 0 atom stereocenters. The van der Waals surface area contributed by atoms with E-state index in [1.165, 1.54) is 31.2 Å².